The molecule has 18 heavy (non-hydrogen) atoms. The quantitative estimate of drug-likeness (QED) is 0.679. The van der Waals surface area contributed by atoms with Crippen molar-refractivity contribution in [1.82, 2.24) is 4.98 Å². The minimum atomic E-state index is -3.34. The molecule has 0 saturated carbocycles. The van der Waals surface area contributed by atoms with E-state index in [1.807, 2.05) is 24.4 Å². The zero-order valence-corrected chi connectivity index (χ0v) is 11.5. The predicted octanol–water partition coefficient (Wildman–Crippen LogP) is 2.73. The average Bonchev–Trinajstić information content (AvgIpc) is 2.66. The van der Waals surface area contributed by atoms with Gasteiger partial charge in [-0.05, 0) is 36.6 Å². The van der Waals surface area contributed by atoms with Crippen molar-refractivity contribution in [2.24, 2.45) is 0 Å². The van der Waals surface area contributed by atoms with E-state index in [0.717, 1.165) is 29.1 Å². The Morgan fingerprint density at radius 3 is 2.89 bits per heavy atom. The fourth-order valence-electron chi connectivity index (χ4n) is 1.83. The molecule has 0 spiro atoms. The number of benzene rings is 1. The van der Waals surface area contributed by atoms with Gasteiger partial charge < -0.3 is 4.98 Å². The smallest absolute Gasteiger partial charge is 0.264 e. The monoisotopic (exact) mass is 287 g/mol. The lowest BCUT2D eigenvalue weighted by molar-refractivity contribution is 0.316. The topological polar surface area (TPSA) is 59.2 Å². The first-order chi connectivity index (χ1) is 8.46. The highest BCUT2D eigenvalue weighted by Crippen LogP contribution is 2.23. The summed E-state index contributed by atoms with van der Waals surface area (Å²) in [4.78, 5) is 3.15. The lowest BCUT2D eigenvalue weighted by Crippen LogP contribution is -2.04. The van der Waals surface area contributed by atoms with E-state index in [0.29, 0.717) is 11.4 Å². The number of aromatic nitrogens is 1. The number of nitrogens with one attached hydrogen (secondary N) is 1. The van der Waals surface area contributed by atoms with Crippen molar-refractivity contribution in [3.8, 4) is 0 Å². The molecule has 1 N–H and O–H groups in total. The molecule has 2 aromatic rings. The van der Waals surface area contributed by atoms with Gasteiger partial charge in [0.15, 0.2) is 0 Å². The second-order valence-corrected chi connectivity index (χ2v) is 6.21. The first-order valence-electron chi connectivity index (χ1n) is 5.55. The van der Waals surface area contributed by atoms with Crippen LogP contribution < -0.4 is 0 Å². The van der Waals surface area contributed by atoms with Gasteiger partial charge in [-0.15, -0.1) is 0 Å². The first kappa shape index (κ1) is 13.4. The molecule has 4 nitrogen and oxygen atoms in total. The molecule has 0 amide bonds. The molecule has 98 valence electrons. The van der Waals surface area contributed by atoms with Gasteiger partial charge in [0.1, 0.15) is 0 Å². The Bertz CT molecular complexity index is 648. The van der Waals surface area contributed by atoms with E-state index in [2.05, 4.69) is 4.98 Å². The average molecular weight is 288 g/mol. The number of aromatic amines is 1. The van der Waals surface area contributed by atoms with Gasteiger partial charge in [0, 0.05) is 22.1 Å². The van der Waals surface area contributed by atoms with Crippen molar-refractivity contribution in [2.45, 2.75) is 12.8 Å². The molecule has 1 heterocycles. The van der Waals surface area contributed by atoms with Crippen LogP contribution in [0.4, 0.5) is 0 Å². The summed E-state index contributed by atoms with van der Waals surface area (Å²) >= 11 is 5.95. The number of hydrogen-bond donors (Lipinski definition) is 1. The van der Waals surface area contributed by atoms with Crippen LogP contribution in [-0.2, 0) is 20.7 Å². The maximum atomic E-state index is 10.8. The van der Waals surface area contributed by atoms with Crippen LogP contribution in [-0.4, -0.2) is 26.3 Å². The Labute approximate surface area is 111 Å². The molecule has 1 aromatic heterocycles. The van der Waals surface area contributed by atoms with Crippen LogP contribution in [0.25, 0.3) is 10.9 Å². The Balaban J connectivity index is 2.02. The number of fused-ring (bicyclic) bond motifs is 1. The molecule has 0 aliphatic rings. The standard InChI is InChI=1S/C12H14ClNO3S/c1-18(15,16)17-6-2-3-9-8-14-12-5-4-10(13)7-11(9)12/h4-5,7-8,14H,2-3,6H2,1H3. The summed E-state index contributed by atoms with van der Waals surface area (Å²) in [7, 11) is -3.34. The normalized spacial score (nSPS) is 12.1. The lowest BCUT2D eigenvalue weighted by Gasteiger charge is -2.01. The maximum Gasteiger partial charge on any atom is 0.264 e. The number of hydrogen-bond acceptors (Lipinski definition) is 3. The third-order valence-electron chi connectivity index (χ3n) is 2.62. The van der Waals surface area contributed by atoms with Gasteiger partial charge >= 0.3 is 0 Å². The Hall–Kier alpha value is -1.04. The van der Waals surface area contributed by atoms with Crippen LogP contribution in [0.1, 0.15) is 12.0 Å². The summed E-state index contributed by atoms with van der Waals surface area (Å²) in [5.41, 5.74) is 2.14. The highest BCUT2D eigenvalue weighted by atomic mass is 35.5. The molecule has 6 heteroatoms. The number of H-pyrrole nitrogens is 1. The molecular weight excluding hydrogens is 274 g/mol. The maximum absolute atomic E-state index is 10.8. The molecule has 0 atom stereocenters. The molecule has 0 aliphatic carbocycles. The molecule has 0 unspecified atom stereocenters. The second-order valence-electron chi connectivity index (χ2n) is 4.13. The summed E-state index contributed by atoms with van der Waals surface area (Å²) in [5, 5.41) is 1.76. The number of aryl methyl sites for hydroxylation is 1. The van der Waals surface area contributed by atoms with Gasteiger partial charge in [0.2, 0.25) is 0 Å². The molecule has 0 fully saturated rings. The van der Waals surface area contributed by atoms with Crippen LogP contribution >= 0.6 is 11.6 Å². The lowest BCUT2D eigenvalue weighted by atomic mass is 10.1. The van der Waals surface area contributed by atoms with E-state index in [4.69, 9.17) is 15.8 Å². The van der Waals surface area contributed by atoms with E-state index in [9.17, 15) is 8.42 Å². The van der Waals surface area contributed by atoms with Gasteiger partial charge in [-0.2, -0.15) is 8.42 Å². The van der Waals surface area contributed by atoms with Crippen LogP contribution in [0, 0.1) is 0 Å². The van der Waals surface area contributed by atoms with Crippen LogP contribution in [0.3, 0.4) is 0 Å². The minimum absolute atomic E-state index is 0.200. The molecule has 2 rings (SSSR count). The highest BCUT2D eigenvalue weighted by molar-refractivity contribution is 7.85. The zero-order chi connectivity index (χ0) is 13.2. The number of rotatable bonds is 5. The molecular formula is C12H14ClNO3S. The molecule has 0 saturated heterocycles. The van der Waals surface area contributed by atoms with Crippen molar-refractivity contribution in [1.29, 1.82) is 0 Å². The summed E-state index contributed by atoms with van der Waals surface area (Å²) in [6.07, 6.45) is 4.36. The summed E-state index contributed by atoms with van der Waals surface area (Å²) in [6.45, 7) is 0.200. The highest BCUT2D eigenvalue weighted by Gasteiger charge is 2.05. The minimum Gasteiger partial charge on any atom is -0.361 e. The SMILES string of the molecule is CS(=O)(=O)OCCCc1c[nH]c2ccc(Cl)cc12. The van der Waals surface area contributed by atoms with Gasteiger partial charge in [-0.3, -0.25) is 4.18 Å². The van der Waals surface area contributed by atoms with Crippen LogP contribution in [0.2, 0.25) is 5.02 Å². The Morgan fingerprint density at radius 1 is 1.39 bits per heavy atom. The summed E-state index contributed by atoms with van der Waals surface area (Å²) < 4.78 is 26.3. The Morgan fingerprint density at radius 2 is 2.17 bits per heavy atom. The Kier molecular flexibility index (Phi) is 3.94. The third-order valence-corrected chi connectivity index (χ3v) is 3.45. The molecule has 0 bridgehead atoms. The zero-order valence-electron chi connectivity index (χ0n) is 9.94. The van der Waals surface area contributed by atoms with E-state index in [1.54, 1.807) is 0 Å². The third kappa shape index (κ3) is 3.48. The molecule has 0 radical (unpaired) electrons. The van der Waals surface area contributed by atoms with E-state index in [-0.39, 0.29) is 6.61 Å². The molecule has 0 aliphatic heterocycles. The fraction of sp³-hybridized carbons (Fsp3) is 0.333. The van der Waals surface area contributed by atoms with E-state index < -0.39 is 10.1 Å². The largest absolute Gasteiger partial charge is 0.361 e. The first-order valence-corrected chi connectivity index (χ1v) is 7.75. The fourth-order valence-corrected chi connectivity index (χ4v) is 2.42. The van der Waals surface area contributed by atoms with Gasteiger partial charge in [-0.25, -0.2) is 0 Å². The van der Waals surface area contributed by atoms with Gasteiger partial charge in [-0.1, -0.05) is 11.6 Å². The number of halogens is 1. The summed E-state index contributed by atoms with van der Waals surface area (Å²) in [6, 6.07) is 5.66. The van der Waals surface area contributed by atoms with Crippen LogP contribution in [0.5, 0.6) is 0 Å². The van der Waals surface area contributed by atoms with Crippen molar-refractivity contribution in [2.75, 3.05) is 12.9 Å². The van der Waals surface area contributed by atoms with Crippen molar-refractivity contribution < 1.29 is 12.6 Å². The van der Waals surface area contributed by atoms with E-state index >= 15 is 0 Å². The summed E-state index contributed by atoms with van der Waals surface area (Å²) in [5.74, 6) is 0. The second kappa shape index (κ2) is 5.30. The predicted molar refractivity (Wildman–Crippen MR) is 72.4 cm³/mol. The van der Waals surface area contributed by atoms with Gasteiger partial charge in [0.05, 0.1) is 12.9 Å². The van der Waals surface area contributed by atoms with E-state index in [1.165, 1.54) is 0 Å². The van der Waals surface area contributed by atoms with Gasteiger partial charge in [0.25, 0.3) is 10.1 Å². The van der Waals surface area contributed by atoms with Crippen molar-refractivity contribution in [3.05, 3.63) is 35.0 Å². The molecule has 1 aromatic carbocycles. The van der Waals surface area contributed by atoms with Crippen molar-refractivity contribution in [3.63, 3.8) is 0 Å². The van der Waals surface area contributed by atoms with Crippen LogP contribution in [0.15, 0.2) is 24.4 Å². The van der Waals surface area contributed by atoms with Crippen molar-refractivity contribution >= 4 is 32.6 Å².